The van der Waals surface area contributed by atoms with Crippen LogP contribution in [0.2, 0.25) is 0 Å². The monoisotopic (exact) mass is 425 g/mol. The molecule has 0 aliphatic carbocycles. The van der Waals surface area contributed by atoms with E-state index in [1.165, 1.54) is 0 Å². The molecule has 31 heavy (non-hydrogen) atoms. The van der Waals surface area contributed by atoms with Crippen LogP contribution in [-0.2, 0) is 22.7 Å². The number of likely N-dealkylation sites (tertiary alicyclic amines) is 1. The van der Waals surface area contributed by atoms with Gasteiger partial charge in [0.1, 0.15) is 5.76 Å². The molecule has 0 saturated carbocycles. The fourth-order valence-electron chi connectivity index (χ4n) is 3.66. The maximum absolute atomic E-state index is 12.6. The second-order valence-electron chi connectivity index (χ2n) is 9.00. The number of nitrogens with one attached hydrogen (secondary N) is 2. The molecule has 1 fully saturated rings. The molecular weight excluding hydrogens is 394 g/mol. The number of carbonyl (C=O) groups is 3. The van der Waals surface area contributed by atoms with Crippen molar-refractivity contribution in [3.63, 3.8) is 0 Å². The van der Waals surface area contributed by atoms with E-state index < -0.39 is 5.41 Å². The first-order valence-electron chi connectivity index (χ1n) is 10.7. The summed E-state index contributed by atoms with van der Waals surface area (Å²) in [5, 5.41) is 5.79. The maximum atomic E-state index is 12.6. The fourth-order valence-corrected chi connectivity index (χ4v) is 3.66. The van der Waals surface area contributed by atoms with Crippen LogP contribution in [0.15, 0.2) is 47.1 Å². The van der Waals surface area contributed by atoms with Gasteiger partial charge in [-0.05, 0) is 42.7 Å². The molecule has 3 rings (SSSR count). The van der Waals surface area contributed by atoms with E-state index in [-0.39, 0.29) is 23.6 Å². The summed E-state index contributed by atoms with van der Waals surface area (Å²) >= 11 is 0. The van der Waals surface area contributed by atoms with E-state index in [4.69, 9.17) is 4.42 Å². The van der Waals surface area contributed by atoms with Crippen molar-refractivity contribution in [3.05, 3.63) is 59.5 Å². The van der Waals surface area contributed by atoms with E-state index in [9.17, 15) is 14.4 Å². The lowest BCUT2D eigenvalue weighted by molar-refractivity contribution is -0.142. The van der Waals surface area contributed by atoms with Gasteiger partial charge in [0.25, 0.3) is 5.91 Å². The van der Waals surface area contributed by atoms with E-state index in [0.717, 1.165) is 5.56 Å². The number of nitrogens with zero attached hydrogens (tertiary/aromatic N) is 1. The Kier molecular flexibility index (Phi) is 7.15. The molecule has 1 aromatic heterocycles. The Balaban J connectivity index is 1.47. The normalized spacial score (nSPS) is 14.9. The molecule has 0 unspecified atom stereocenters. The Morgan fingerprint density at radius 3 is 2.42 bits per heavy atom. The minimum absolute atomic E-state index is 0.00414. The second-order valence-corrected chi connectivity index (χ2v) is 9.00. The Bertz CT molecular complexity index is 907. The zero-order valence-electron chi connectivity index (χ0n) is 18.4. The Morgan fingerprint density at radius 1 is 1.03 bits per heavy atom. The molecular formula is C24H31N3O4. The molecule has 3 amide bonds. The van der Waals surface area contributed by atoms with Gasteiger partial charge in [-0.15, -0.1) is 0 Å². The van der Waals surface area contributed by atoms with Crippen molar-refractivity contribution < 1.29 is 18.8 Å². The highest BCUT2D eigenvalue weighted by atomic mass is 16.3. The molecule has 0 atom stereocenters. The lowest BCUT2D eigenvalue weighted by Gasteiger charge is -2.35. The number of furan rings is 1. The van der Waals surface area contributed by atoms with Crippen LogP contribution < -0.4 is 10.6 Å². The highest BCUT2D eigenvalue weighted by molar-refractivity contribution is 5.94. The van der Waals surface area contributed by atoms with Crippen molar-refractivity contribution in [1.82, 2.24) is 15.5 Å². The van der Waals surface area contributed by atoms with Gasteiger partial charge < -0.3 is 20.0 Å². The number of piperidine rings is 1. The standard InChI is InChI=1S/C24H31N3O4/c1-24(2,3)23(30)27-11-9-18(10-12-27)21(28)25-15-17-6-4-7-19(14-17)22(29)26-16-20-8-5-13-31-20/h4-8,13-14,18H,9-12,15-16H2,1-3H3,(H,25,28)(H,26,29). The number of amides is 3. The van der Waals surface area contributed by atoms with Crippen molar-refractivity contribution in [3.8, 4) is 0 Å². The topological polar surface area (TPSA) is 91.7 Å². The van der Waals surface area contributed by atoms with Crippen LogP contribution in [0.25, 0.3) is 0 Å². The molecule has 2 heterocycles. The lowest BCUT2D eigenvalue weighted by Crippen LogP contribution is -2.46. The summed E-state index contributed by atoms with van der Waals surface area (Å²) in [6, 6.07) is 10.8. The van der Waals surface area contributed by atoms with Crippen LogP contribution in [-0.4, -0.2) is 35.7 Å². The number of hydrogen-bond donors (Lipinski definition) is 2. The average Bonchev–Trinajstić information content (AvgIpc) is 3.28. The first kappa shape index (κ1) is 22.6. The third-order valence-corrected chi connectivity index (χ3v) is 5.45. The van der Waals surface area contributed by atoms with E-state index in [1.54, 1.807) is 36.6 Å². The average molecular weight is 426 g/mol. The molecule has 1 aromatic carbocycles. The van der Waals surface area contributed by atoms with Crippen LogP contribution in [0.3, 0.4) is 0 Å². The summed E-state index contributed by atoms with van der Waals surface area (Å²) in [7, 11) is 0. The first-order valence-corrected chi connectivity index (χ1v) is 10.7. The van der Waals surface area contributed by atoms with Gasteiger partial charge >= 0.3 is 0 Å². The van der Waals surface area contributed by atoms with Crippen LogP contribution in [0, 0.1) is 11.3 Å². The number of carbonyl (C=O) groups excluding carboxylic acids is 3. The van der Waals surface area contributed by atoms with E-state index in [0.29, 0.717) is 50.3 Å². The van der Waals surface area contributed by atoms with Crippen molar-refractivity contribution >= 4 is 17.7 Å². The number of rotatable bonds is 6. The van der Waals surface area contributed by atoms with Gasteiger partial charge in [-0.25, -0.2) is 0 Å². The summed E-state index contributed by atoms with van der Waals surface area (Å²) in [5.74, 6) is 0.528. The Morgan fingerprint density at radius 2 is 1.77 bits per heavy atom. The quantitative estimate of drug-likeness (QED) is 0.744. The molecule has 0 spiro atoms. The molecule has 7 nitrogen and oxygen atoms in total. The maximum Gasteiger partial charge on any atom is 0.251 e. The predicted octanol–water partition coefficient (Wildman–Crippen LogP) is 3.11. The zero-order valence-corrected chi connectivity index (χ0v) is 18.4. The van der Waals surface area contributed by atoms with Crippen LogP contribution in [0.1, 0.15) is 55.3 Å². The van der Waals surface area contributed by atoms with E-state index in [1.807, 2.05) is 31.7 Å². The highest BCUT2D eigenvalue weighted by Crippen LogP contribution is 2.23. The third-order valence-electron chi connectivity index (χ3n) is 5.45. The van der Waals surface area contributed by atoms with Crippen molar-refractivity contribution in [2.24, 2.45) is 11.3 Å². The molecule has 1 aliphatic rings. The highest BCUT2D eigenvalue weighted by Gasteiger charge is 2.32. The summed E-state index contributed by atoms with van der Waals surface area (Å²) < 4.78 is 5.22. The van der Waals surface area contributed by atoms with Crippen molar-refractivity contribution in [2.75, 3.05) is 13.1 Å². The number of benzene rings is 1. The van der Waals surface area contributed by atoms with Crippen molar-refractivity contribution in [2.45, 2.75) is 46.7 Å². The van der Waals surface area contributed by atoms with Gasteiger partial charge in [0.15, 0.2) is 0 Å². The molecule has 1 aliphatic heterocycles. The SMILES string of the molecule is CC(C)(C)C(=O)N1CCC(C(=O)NCc2cccc(C(=O)NCc3ccco3)c2)CC1. The van der Waals surface area contributed by atoms with Gasteiger partial charge in [0, 0.05) is 36.5 Å². The zero-order chi connectivity index (χ0) is 22.4. The van der Waals surface area contributed by atoms with Crippen LogP contribution in [0.4, 0.5) is 0 Å². The summed E-state index contributed by atoms with van der Waals surface area (Å²) in [6.45, 7) is 7.65. The minimum atomic E-state index is -0.398. The summed E-state index contributed by atoms with van der Waals surface area (Å²) in [4.78, 5) is 39.2. The molecule has 1 saturated heterocycles. The lowest BCUT2D eigenvalue weighted by atomic mass is 9.90. The van der Waals surface area contributed by atoms with Crippen LogP contribution >= 0.6 is 0 Å². The van der Waals surface area contributed by atoms with Crippen LogP contribution in [0.5, 0.6) is 0 Å². The molecule has 2 N–H and O–H groups in total. The molecule has 0 radical (unpaired) electrons. The Labute approximate surface area is 183 Å². The predicted molar refractivity (Wildman–Crippen MR) is 117 cm³/mol. The number of hydrogen-bond acceptors (Lipinski definition) is 4. The Hall–Kier alpha value is -3.09. The summed E-state index contributed by atoms with van der Waals surface area (Å²) in [5.41, 5.74) is 0.997. The van der Waals surface area contributed by atoms with Gasteiger partial charge in [0.2, 0.25) is 11.8 Å². The van der Waals surface area contributed by atoms with Gasteiger partial charge in [-0.1, -0.05) is 32.9 Å². The smallest absolute Gasteiger partial charge is 0.251 e. The largest absolute Gasteiger partial charge is 0.467 e. The van der Waals surface area contributed by atoms with E-state index >= 15 is 0 Å². The second kappa shape index (κ2) is 9.81. The summed E-state index contributed by atoms with van der Waals surface area (Å²) in [6.07, 6.45) is 2.91. The molecule has 7 heteroatoms. The molecule has 0 bridgehead atoms. The van der Waals surface area contributed by atoms with Gasteiger partial charge in [-0.2, -0.15) is 0 Å². The fraction of sp³-hybridized carbons (Fsp3) is 0.458. The minimum Gasteiger partial charge on any atom is -0.467 e. The molecule has 166 valence electrons. The van der Waals surface area contributed by atoms with E-state index in [2.05, 4.69) is 10.6 Å². The third kappa shape index (κ3) is 6.20. The van der Waals surface area contributed by atoms with Gasteiger partial charge in [0.05, 0.1) is 12.8 Å². The first-order chi connectivity index (χ1) is 14.7. The van der Waals surface area contributed by atoms with Gasteiger partial charge in [-0.3, -0.25) is 14.4 Å². The molecule has 2 aromatic rings. The van der Waals surface area contributed by atoms with Crippen molar-refractivity contribution in [1.29, 1.82) is 0 Å².